The predicted octanol–water partition coefficient (Wildman–Crippen LogP) is 1.06. The number of rotatable bonds is 5. The summed E-state index contributed by atoms with van der Waals surface area (Å²) >= 11 is 0. The number of hydrogen-bond acceptors (Lipinski definition) is 3. The van der Waals surface area contributed by atoms with E-state index in [9.17, 15) is 9.59 Å². The Morgan fingerprint density at radius 1 is 1.45 bits per heavy atom. The average Bonchev–Trinajstić information content (AvgIpc) is 2.45. The van der Waals surface area contributed by atoms with Crippen molar-refractivity contribution >= 4 is 6.03 Å². The number of ether oxygens (including phenoxy) is 1. The van der Waals surface area contributed by atoms with Gasteiger partial charge in [-0.25, -0.2) is 4.79 Å². The van der Waals surface area contributed by atoms with Gasteiger partial charge in [-0.2, -0.15) is 0 Å². The van der Waals surface area contributed by atoms with Crippen LogP contribution in [0.1, 0.15) is 31.5 Å². The highest BCUT2D eigenvalue weighted by Gasteiger charge is 2.22. The summed E-state index contributed by atoms with van der Waals surface area (Å²) in [5.41, 5.74) is 2.23. The highest BCUT2D eigenvalue weighted by molar-refractivity contribution is 5.74. The second-order valence-electron chi connectivity index (χ2n) is 6.00. The molecule has 2 amide bonds. The third kappa shape index (κ3) is 4.10. The molecule has 0 aliphatic heterocycles. The average molecular weight is 307 g/mol. The number of fused-ring (bicyclic) bond motifs is 1. The van der Waals surface area contributed by atoms with E-state index in [1.54, 1.807) is 17.7 Å². The first-order chi connectivity index (χ1) is 10.5. The number of methoxy groups -OCH3 is 1. The van der Waals surface area contributed by atoms with E-state index in [0.29, 0.717) is 13.2 Å². The van der Waals surface area contributed by atoms with Gasteiger partial charge in [0.25, 0.3) is 5.56 Å². The maximum atomic E-state index is 12.0. The lowest BCUT2D eigenvalue weighted by atomic mass is 9.91. The van der Waals surface area contributed by atoms with Crippen LogP contribution in [-0.2, 0) is 24.1 Å². The van der Waals surface area contributed by atoms with Crippen molar-refractivity contribution < 1.29 is 9.53 Å². The summed E-state index contributed by atoms with van der Waals surface area (Å²) in [7, 11) is 1.63. The Morgan fingerprint density at radius 2 is 2.23 bits per heavy atom. The van der Waals surface area contributed by atoms with Gasteiger partial charge in [0, 0.05) is 37.5 Å². The number of pyridine rings is 1. The van der Waals surface area contributed by atoms with Gasteiger partial charge in [-0.15, -0.1) is 0 Å². The molecule has 0 saturated carbocycles. The quantitative estimate of drug-likeness (QED) is 0.854. The van der Waals surface area contributed by atoms with Crippen molar-refractivity contribution in [2.24, 2.45) is 0 Å². The minimum absolute atomic E-state index is 0.0137. The number of nitrogens with zero attached hydrogens (tertiary/aromatic N) is 1. The second kappa shape index (κ2) is 7.45. The Hall–Kier alpha value is -1.82. The van der Waals surface area contributed by atoms with Gasteiger partial charge in [0.2, 0.25) is 0 Å². The Labute approximate surface area is 130 Å². The lowest BCUT2D eigenvalue weighted by Crippen LogP contribution is -2.47. The van der Waals surface area contributed by atoms with Gasteiger partial charge in [0.15, 0.2) is 0 Å². The minimum atomic E-state index is -0.129. The lowest BCUT2D eigenvalue weighted by Gasteiger charge is -2.28. The van der Waals surface area contributed by atoms with E-state index in [4.69, 9.17) is 4.74 Å². The van der Waals surface area contributed by atoms with Crippen LogP contribution >= 0.6 is 0 Å². The van der Waals surface area contributed by atoms with Crippen molar-refractivity contribution in [1.82, 2.24) is 15.2 Å². The van der Waals surface area contributed by atoms with Crippen LogP contribution in [0, 0.1) is 0 Å². The number of amides is 2. The monoisotopic (exact) mass is 307 g/mol. The van der Waals surface area contributed by atoms with E-state index in [-0.39, 0.29) is 23.7 Å². The highest BCUT2D eigenvalue weighted by Crippen LogP contribution is 2.20. The SMILES string of the molecule is COCCn1c2c(ccc1=O)C[C@H](NC(=O)NC(C)C)CC2. The lowest BCUT2D eigenvalue weighted by molar-refractivity contribution is 0.184. The van der Waals surface area contributed by atoms with Crippen LogP contribution < -0.4 is 16.2 Å². The van der Waals surface area contributed by atoms with E-state index in [1.165, 1.54) is 0 Å². The van der Waals surface area contributed by atoms with Crippen molar-refractivity contribution in [2.45, 2.75) is 51.7 Å². The summed E-state index contributed by atoms with van der Waals surface area (Å²) in [6, 6.07) is 3.59. The number of hydrogen-bond donors (Lipinski definition) is 2. The summed E-state index contributed by atoms with van der Waals surface area (Å²) in [6.07, 6.45) is 2.39. The van der Waals surface area contributed by atoms with Gasteiger partial charge in [-0.1, -0.05) is 6.07 Å². The number of carbonyl (C=O) groups is 1. The van der Waals surface area contributed by atoms with Crippen LogP contribution in [0.3, 0.4) is 0 Å². The Balaban J connectivity index is 2.08. The first kappa shape index (κ1) is 16.5. The van der Waals surface area contributed by atoms with Gasteiger partial charge < -0.3 is 19.9 Å². The van der Waals surface area contributed by atoms with Gasteiger partial charge in [0.1, 0.15) is 0 Å². The van der Waals surface area contributed by atoms with Gasteiger partial charge >= 0.3 is 6.03 Å². The molecule has 1 aromatic rings. The standard InChI is InChI=1S/C16H25N3O3/c1-11(2)17-16(21)18-13-5-6-14-12(10-13)4-7-15(20)19(14)8-9-22-3/h4,7,11,13H,5-6,8-10H2,1-3H3,(H2,17,18,21)/t13-/m1/s1. The van der Waals surface area contributed by atoms with Crippen LogP contribution in [0.25, 0.3) is 0 Å². The first-order valence-corrected chi connectivity index (χ1v) is 7.78. The zero-order valence-corrected chi connectivity index (χ0v) is 13.5. The molecule has 0 bridgehead atoms. The number of nitrogens with one attached hydrogen (secondary N) is 2. The van der Waals surface area contributed by atoms with Crippen molar-refractivity contribution in [3.8, 4) is 0 Å². The molecule has 22 heavy (non-hydrogen) atoms. The Bertz CT molecular complexity index is 580. The summed E-state index contributed by atoms with van der Waals surface area (Å²) in [6.45, 7) is 4.97. The van der Waals surface area contributed by atoms with Crippen molar-refractivity contribution in [3.63, 3.8) is 0 Å². The minimum Gasteiger partial charge on any atom is -0.383 e. The van der Waals surface area contributed by atoms with E-state index in [2.05, 4.69) is 10.6 Å². The fraction of sp³-hybridized carbons (Fsp3) is 0.625. The molecule has 1 heterocycles. The Morgan fingerprint density at radius 3 is 2.91 bits per heavy atom. The zero-order valence-electron chi connectivity index (χ0n) is 13.5. The fourth-order valence-electron chi connectivity index (χ4n) is 2.86. The Kier molecular flexibility index (Phi) is 5.60. The van der Waals surface area contributed by atoms with Gasteiger partial charge in [0.05, 0.1) is 6.61 Å². The summed E-state index contributed by atoms with van der Waals surface area (Å²) in [5.74, 6) is 0. The van der Waals surface area contributed by atoms with Crippen LogP contribution in [0.4, 0.5) is 4.79 Å². The summed E-state index contributed by atoms with van der Waals surface area (Å²) in [4.78, 5) is 23.8. The molecule has 0 radical (unpaired) electrons. The number of aromatic nitrogens is 1. The molecule has 1 aliphatic carbocycles. The molecule has 0 unspecified atom stereocenters. The molecule has 2 N–H and O–H groups in total. The first-order valence-electron chi connectivity index (χ1n) is 7.78. The third-order valence-electron chi connectivity index (χ3n) is 3.86. The second-order valence-corrected chi connectivity index (χ2v) is 6.00. The molecule has 1 aliphatic rings. The van der Waals surface area contributed by atoms with E-state index >= 15 is 0 Å². The van der Waals surface area contributed by atoms with Gasteiger partial charge in [-0.05, 0) is 38.7 Å². The molecule has 2 rings (SSSR count). The summed E-state index contributed by atoms with van der Waals surface area (Å²) < 4.78 is 6.87. The normalized spacial score (nSPS) is 17.2. The van der Waals surface area contributed by atoms with Crippen LogP contribution in [0.5, 0.6) is 0 Å². The maximum Gasteiger partial charge on any atom is 0.315 e. The predicted molar refractivity (Wildman–Crippen MR) is 85.2 cm³/mol. The molecule has 1 aromatic heterocycles. The zero-order chi connectivity index (χ0) is 16.1. The molecule has 122 valence electrons. The highest BCUT2D eigenvalue weighted by atomic mass is 16.5. The molecule has 6 heteroatoms. The van der Waals surface area contributed by atoms with Gasteiger partial charge in [-0.3, -0.25) is 4.79 Å². The smallest absolute Gasteiger partial charge is 0.315 e. The molecule has 0 saturated heterocycles. The van der Waals surface area contributed by atoms with E-state index in [1.807, 2.05) is 19.9 Å². The van der Waals surface area contributed by atoms with Crippen LogP contribution in [0.15, 0.2) is 16.9 Å². The molecule has 0 aromatic carbocycles. The number of carbonyl (C=O) groups excluding carboxylic acids is 1. The largest absolute Gasteiger partial charge is 0.383 e. The molecular formula is C16H25N3O3. The fourth-order valence-corrected chi connectivity index (χ4v) is 2.86. The molecule has 0 fully saturated rings. The van der Waals surface area contributed by atoms with E-state index < -0.39 is 0 Å². The van der Waals surface area contributed by atoms with E-state index in [0.717, 1.165) is 30.5 Å². The van der Waals surface area contributed by atoms with Crippen molar-refractivity contribution in [1.29, 1.82) is 0 Å². The maximum absolute atomic E-state index is 12.0. The van der Waals surface area contributed by atoms with Crippen LogP contribution in [0.2, 0.25) is 0 Å². The molecule has 0 spiro atoms. The third-order valence-corrected chi connectivity index (χ3v) is 3.86. The molecule has 6 nitrogen and oxygen atoms in total. The number of urea groups is 1. The van der Waals surface area contributed by atoms with Crippen molar-refractivity contribution in [3.05, 3.63) is 33.7 Å². The molecular weight excluding hydrogens is 282 g/mol. The summed E-state index contributed by atoms with van der Waals surface area (Å²) in [5, 5.41) is 5.85. The topological polar surface area (TPSA) is 72.4 Å². The van der Waals surface area contributed by atoms with Crippen molar-refractivity contribution in [2.75, 3.05) is 13.7 Å². The van der Waals surface area contributed by atoms with Crippen LogP contribution in [-0.4, -0.2) is 36.4 Å². The molecule has 1 atom stereocenters.